The summed E-state index contributed by atoms with van der Waals surface area (Å²) in [5, 5.41) is 34.0. The molecule has 6 aromatic heterocycles. The van der Waals surface area contributed by atoms with Gasteiger partial charge in [-0.2, -0.15) is 12.7 Å². The summed E-state index contributed by atoms with van der Waals surface area (Å²) in [7, 11) is -3.99. The maximum absolute atomic E-state index is 12.6. The first-order valence-electron chi connectivity index (χ1n) is 41.4. The first-order chi connectivity index (χ1) is 57.7. The van der Waals surface area contributed by atoms with Gasteiger partial charge in [0.15, 0.2) is 17.1 Å². The lowest BCUT2D eigenvalue weighted by Crippen LogP contribution is -2.47. The molecule has 38 nitrogen and oxygen atoms in total. The number of aromatic nitrogens is 6. The van der Waals surface area contributed by atoms with Crippen molar-refractivity contribution < 1.29 is 122 Å². The van der Waals surface area contributed by atoms with E-state index in [-0.39, 0.29) is 98.7 Å². The predicted octanol–water partition coefficient (Wildman–Crippen LogP) is 12.1. The highest BCUT2D eigenvalue weighted by Crippen LogP contribution is 2.31. The first-order valence-corrected chi connectivity index (χ1v) is 43.8. The number of aliphatic hydroxyl groups excluding tert-OH is 2. The van der Waals surface area contributed by atoms with E-state index in [1.165, 1.54) is 6.07 Å². The number of hydrogen-bond donors (Lipinski definition) is 7. The number of nitrogens with two attached hydrogens (primary N) is 2. The van der Waals surface area contributed by atoms with Gasteiger partial charge >= 0.3 is 64.4 Å². The van der Waals surface area contributed by atoms with Crippen LogP contribution in [-0.2, 0) is 72.6 Å². The summed E-state index contributed by atoms with van der Waals surface area (Å²) in [5.41, 5.74) is 11.7. The molecule has 2 saturated heterocycles. The Morgan fingerprint density at radius 2 is 1.01 bits per heavy atom. The van der Waals surface area contributed by atoms with Crippen LogP contribution < -0.4 is 22.1 Å². The number of carboxylic acid groups (broad SMARTS) is 1. The van der Waals surface area contributed by atoms with Crippen molar-refractivity contribution in [1.29, 1.82) is 0 Å². The van der Waals surface area contributed by atoms with Gasteiger partial charge in [0, 0.05) is 66.9 Å². The summed E-state index contributed by atoms with van der Waals surface area (Å²) >= 11 is -1.71. The van der Waals surface area contributed by atoms with E-state index in [9.17, 15) is 60.6 Å². The van der Waals surface area contributed by atoms with E-state index in [2.05, 4.69) is 25.6 Å². The fourth-order valence-electron chi connectivity index (χ4n) is 11.6. The van der Waals surface area contributed by atoms with E-state index in [0.29, 0.717) is 116 Å². The molecule has 0 saturated carbocycles. The Balaban J connectivity index is 0.000000388. The van der Waals surface area contributed by atoms with Gasteiger partial charge in [0.05, 0.1) is 50.8 Å². The Labute approximate surface area is 729 Å². The number of nitrogens with zero attached hydrogens (tertiary/aromatic N) is 8. The predicted molar refractivity (Wildman–Crippen MR) is 464 cm³/mol. The third-order valence-corrected chi connectivity index (χ3v) is 19.7. The molecule has 3 aliphatic heterocycles. The molecule has 9 rings (SSSR count). The second kappa shape index (κ2) is 50.2. The number of amides is 4. The standard InChI is InChI=1S/C23H32N2O6.C17H23N3O4.C13H13N3O3.C9H17NO5S.C9H17NO4S.C9H19NO3.C4H11NO/c1-7-29-21(27)17-13-12-16-14-18(22(28)30-8-2)25(20(16)24-17)15(3)10-9-11-19(26)31-23(4,5)6;1-4-23-16(21)13-7-6-12-10-14(17(22)24-5-2)20(15(12)19-13)11(3)8-9-18;1-7-4-5-14-12(17)10-6-8-2-3-9(13(18)19)15-11(8)16(7)10;1-7-5-6-10(16(12,13)15-7)8(11)14-9(2,3)4;1-7-5-6-10(15(12)14-7)8(11)13-9(2,3)4;1-7(11)5-6-10-8(12)13-9(2,3)4;1-4(6)2-3-5/h12-15H,7-11H2,1-6H3;6-7,10-11H,4-5,8-9,18H2,1-3H3;2-3,6-7H,4-5H2,1H3,(H,14,17)(H,18,19);7H,5-6H2,1-4H3;7H,5-6H2,1-4H3;7,11H,5-6H2,1-4H3,(H,10,12);4,6H,2-3,5H2,1H3. The molecule has 8 atom stereocenters. The van der Waals surface area contributed by atoms with E-state index in [0.717, 1.165) is 26.9 Å². The molecule has 0 bridgehead atoms. The van der Waals surface area contributed by atoms with Crippen LogP contribution in [0.1, 0.15) is 298 Å². The van der Waals surface area contributed by atoms with Crippen LogP contribution >= 0.6 is 0 Å². The van der Waals surface area contributed by atoms with Crippen molar-refractivity contribution in [2.45, 2.75) is 282 Å². The first kappa shape index (κ1) is 108. The average Bonchev–Trinajstić information content (AvgIpc) is 1.62. The summed E-state index contributed by atoms with van der Waals surface area (Å²) in [4.78, 5) is 131. The van der Waals surface area contributed by atoms with Gasteiger partial charge < -0.3 is 89.0 Å². The quantitative estimate of drug-likeness (QED) is 0.0245. The van der Waals surface area contributed by atoms with E-state index >= 15 is 0 Å². The van der Waals surface area contributed by atoms with Crippen LogP contribution in [0, 0.1) is 0 Å². The zero-order valence-electron chi connectivity index (χ0n) is 76.0. The number of aromatic carboxylic acids is 1. The van der Waals surface area contributed by atoms with E-state index in [1.54, 1.807) is 168 Å². The van der Waals surface area contributed by atoms with Crippen molar-refractivity contribution in [2.24, 2.45) is 11.5 Å². The smallest absolute Gasteiger partial charge is 0.425 e. The molecule has 0 spiro atoms. The number of esters is 5. The van der Waals surface area contributed by atoms with Crippen molar-refractivity contribution in [1.82, 2.24) is 47.9 Å². The van der Waals surface area contributed by atoms with Gasteiger partial charge in [-0.3, -0.25) is 18.0 Å². The van der Waals surface area contributed by atoms with E-state index < -0.39 is 104 Å². The summed E-state index contributed by atoms with van der Waals surface area (Å²) in [5.74, 6) is -3.36. The number of carboxylic acids is 1. The molecule has 6 aromatic rings. The molecule has 40 heteroatoms. The van der Waals surface area contributed by atoms with Gasteiger partial charge in [-0.15, -0.1) is 0 Å². The summed E-state index contributed by atoms with van der Waals surface area (Å²) in [6.45, 7) is 44.6. The van der Waals surface area contributed by atoms with E-state index in [1.807, 2.05) is 53.0 Å². The number of carbonyl (C=O) groups excluding carboxylic acids is 9. The normalized spacial score (nSPS) is 17.1. The van der Waals surface area contributed by atoms with Crippen LogP contribution in [0.5, 0.6) is 0 Å². The summed E-state index contributed by atoms with van der Waals surface area (Å²) in [6, 6.07) is 14.9. The molecule has 0 aromatic carbocycles. The van der Waals surface area contributed by atoms with Crippen LogP contribution in [0.15, 0.2) is 54.6 Å². The zero-order chi connectivity index (χ0) is 94.1. The van der Waals surface area contributed by atoms with Crippen LogP contribution in [0.2, 0.25) is 0 Å². The average molecular weight is 1790 g/mol. The Morgan fingerprint density at radius 3 is 1.44 bits per heavy atom. The van der Waals surface area contributed by atoms with E-state index in [4.69, 9.17) is 73.0 Å². The van der Waals surface area contributed by atoms with Crippen LogP contribution in [-0.4, -0.2) is 238 Å². The van der Waals surface area contributed by atoms with Crippen molar-refractivity contribution in [3.05, 3.63) is 88.8 Å². The van der Waals surface area contributed by atoms with Gasteiger partial charge in [-0.25, -0.2) is 61.8 Å². The summed E-state index contributed by atoms with van der Waals surface area (Å²) < 4.78 is 92.1. The summed E-state index contributed by atoms with van der Waals surface area (Å²) in [6.07, 6.45) is 2.30. The number of aliphatic hydroxyl groups is 2. The zero-order valence-corrected chi connectivity index (χ0v) is 77.6. The number of rotatable bonds is 22. The maximum atomic E-state index is 12.6. The third kappa shape index (κ3) is 36.7. The monoisotopic (exact) mass is 1790 g/mol. The molecule has 2 fully saturated rings. The third-order valence-electron chi connectivity index (χ3n) is 17.1. The number of ether oxygens (including phenoxy) is 8. The fourth-order valence-corrected chi connectivity index (χ4v) is 13.6. The fraction of sp³-hybridized carbons (Fsp3) is 0.631. The molecule has 0 aliphatic carbocycles. The maximum Gasteiger partial charge on any atom is 0.425 e. The Bertz CT molecular complexity index is 4670. The molecule has 9 heterocycles. The van der Waals surface area contributed by atoms with Crippen molar-refractivity contribution >= 4 is 115 Å². The minimum absolute atomic E-state index is 0.00902. The molecule has 4 amide bonds. The molecular formula is C84H132N12O26S2. The SMILES string of the molecule is CC(O)CCN.CC(O)CCNC(=O)OC(C)(C)C.CC1CCN(C(=O)OC(C)(C)C)S(=O)(=O)O1.CC1CCN(C(=O)OC(C)(C)C)S(=O)O1.CC1CCNC(=O)c2cc3ccc(C(=O)O)nc3n21.CCOC(=O)c1ccc2cc(C(=O)OCC)n(C(C)CCCC(=O)OC(C)(C)C)c2n1.CCOC(=O)c1ccc2cc(C(=O)OCC)n(C(C)CCN)c2n1. The molecule has 8 unspecified atom stereocenters. The number of hydrogen-bond acceptors (Lipinski definition) is 30. The van der Waals surface area contributed by atoms with Gasteiger partial charge in [-0.05, 0) is 278 Å². The second-order valence-electron chi connectivity index (χ2n) is 33.1. The van der Waals surface area contributed by atoms with Crippen LogP contribution in [0.25, 0.3) is 33.1 Å². The van der Waals surface area contributed by atoms with Crippen molar-refractivity contribution in [2.75, 3.05) is 65.7 Å². The van der Waals surface area contributed by atoms with Gasteiger partial charge in [-0.1, -0.05) is 0 Å². The van der Waals surface area contributed by atoms with Gasteiger partial charge in [0.25, 0.3) is 17.2 Å². The lowest BCUT2D eigenvalue weighted by molar-refractivity contribution is -0.155. The largest absolute Gasteiger partial charge is 0.477 e. The molecular weight excluding hydrogens is 1660 g/mol. The van der Waals surface area contributed by atoms with Crippen LogP contribution in [0.3, 0.4) is 0 Å². The Hall–Kier alpha value is -9.97. The Morgan fingerprint density at radius 1 is 0.573 bits per heavy atom. The number of alkyl carbamates (subject to hydrolysis) is 1. The Kier molecular flexibility index (Phi) is 43.8. The van der Waals surface area contributed by atoms with Crippen molar-refractivity contribution in [3.8, 4) is 0 Å². The highest BCUT2D eigenvalue weighted by molar-refractivity contribution is 7.85. The minimum Gasteiger partial charge on any atom is -0.477 e. The molecule has 124 heavy (non-hydrogen) atoms. The van der Waals surface area contributed by atoms with Crippen LogP contribution in [0.4, 0.5) is 14.4 Å². The lowest BCUT2D eigenvalue weighted by Gasteiger charge is -2.31. The highest BCUT2D eigenvalue weighted by atomic mass is 32.2. The topological polar surface area (TPSA) is 511 Å². The molecule has 3 aliphatic rings. The molecule has 696 valence electrons. The number of fused-ring (bicyclic) bond motifs is 5. The number of carbonyl (C=O) groups is 10. The van der Waals surface area contributed by atoms with Gasteiger partial charge in [0.2, 0.25) is 0 Å². The van der Waals surface area contributed by atoms with Crippen molar-refractivity contribution in [3.63, 3.8) is 0 Å². The molecule has 9 N–H and O–H groups in total. The highest BCUT2D eigenvalue weighted by Gasteiger charge is 2.38. The molecule has 0 radical (unpaired) electrons. The second-order valence-corrected chi connectivity index (χ2v) is 35.6. The lowest BCUT2D eigenvalue weighted by atomic mass is 10.1. The number of nitrogens with one attached hydrogen (secondary N) is 2. The number of pyridine rings is 3. The van der Waals surface area contributed by atoms with Gasteiger partial charge in [0.1, 0.15) is 56.4 Å². The minimum atomic E-state index is -3.99.